The van der Waals surface area contributed by atoms with Crippen LogP contribution in [0.5, 0.6) is 5.75 Å². The molecule has 6 nitrogen and oxygen atoms in total. The van der Waals surface area contributed by atoms with E-state index < -0.39 is 0 Å². The topological polar surface area (TPSA) is 76.7 Å². The molecule has 0 unspecified atom stereocenters. The van der Waals surface area contributed by atoms with Gasteiger partial charge in [0.25, 0.3) is 0 Å². The van der Waals surface area contributed by atoms with Crippen molar-refractivity contribution in [2.24, 2.45) is 0 Å². The van der Waals surface area contributed by atoms with Gasteiger partial charge in [0.15, 0.2) is 5.78 Å². The van der Waals surface area contributed by atoms with Crippen molar-refractivity contribution in [3.8, 4) is 5.75 Å². The average Bonchev–Trinajstić information content (AvgIpc) is 3.05. The fourth-order valence-corrected chi connectivity index (χ4v) is 4.80. The number of anilines is 2. The van der Waals surface area contributed by atoms with Gasteiger partial charge < -0.3 is 20.1 Å². The summed E-state index contributed by atoms with van der Waals surface area (Å²) in [5.74, 6) is 0.557. The predicted molar refractivity (Wildman–Crippen MR) is 131 cm³/mol. The highest BCUT2D eigenvalue weighted by atomic mass is 16.5. The number of rotatable bonds is 4. The second-order valence-corrected chi connectivity index (χ2v) is 8.56. The number of methoxy groups -OCH3 is 2. The monoisotopic (exact) mass is 454 g/mol. The number of allylic oxidation sites excluding steroid dienone is 1. The maximum Gasteiger partial charge on any atom is 0.337 e. The number of para-hydroxylation sites is 2. The zero-order chi connectivity index (χ0) is 23.7. The summed E-state index contributed by atoms with van der Waals surface area (Å²) in [6.45, 7) is 0. The molecule has 0 aromatic heterocycles. The SMILES string of the molecule is COC(=O)c1ccc([C@@H]2Nc3ccccc3NC3=C2C(=O)C[C@@H](c2cccc(OC)c2)C3)cc1. The number of hydrogen-bond acceptors (Lipinski definition) is 6. The normalized spacial score (nSPS) is 19.2. The Balaban J connectivity index is 1.56. The average molecular weight is 455 g/mol. The van der Waals surface area contributed by atoms with Crippen molar-refractivity contribution in [3.05, 3.63) is 101 Å². The van der Waals surface area contributed by atoms with Crippen LogP contribution in [0.15, 0.2) is 84.1 Å². The Bertz CT molecular complexity index is 1280. The van der Waals surface area contributed by atoms with Gasteiger partial charge in [0, 0.05) is 17.7 Å². The fraction of sp³-hybridized carbons (Fsp3) is 0.214. The molecule has 172 valence electrons. The van der Waals surface area contributed by atoms with Crippen molar-refractivity contribution in [2.75, 3.05) is 24.9 Å². The molecule has 34 heavy (non-hydrogen) atoms. The van der Waals surface area contributed by atoms with Crippen LogP contribution in [0.4, 0.5) is 11.4 Å². The van der Waals surface area contributed by atoms with E-state index in [2.05, 4.69) is 16.7 Å². The molecule has 5 rings (SSSR count). The number of benzene rings is 3. The van der Waals surface area contributed by atoms with E-state index in [4.69, 9.17) is 9.47 Å². The highest BCUT2D eigenvalue weighted by molar-refractivity contribution is 6.01. The third kappa shape index (κ3) is 4.03. The van der Waals surface area contributed by atoms with Crippen LogP contribution in [-0.2, 0) is 9.53 Å². The van der Waals surface area contributed by atoms with Crippen molar-refractivity contribution >= 4 is 23.1 Å². The molecule has 2 aliphatic rings. The first kappa shape index (κ1) is 21.8. The third-order valence-corrected chi connectivity index (χ3v) is 6.54. The third-order valence-electron chi connectivity index (χ3n) is 6.54. The number of ether oxygens (including phenoxy) is 2. The van der Waals surface area contributed by atoms with E-state index >= 15 is 0 Å². The molecule has 3 aromatic rings. The van der Waals surface area contributed by atoms with Crippen molar-refractivity contribution in [2.45, 2.75) is 24.8 Å². The summed E-state index contributed by atoms with van der Waals surface area (Å²) in [7, 11) is 3.01. The van der Waals surface area contributed by atoms with Crippen LogP contribution in [0, 0.1) is 0 Å². The van der Waals surface area contributed by atoms with E-state index in [1.165, 1.54) is 7.11 Å². The standard InChI is InChI=1S/C28H26N2O4/c1-33-21-7-5-6-19(14-21)20-15-24-26(25(31)16-20)27(30-23-9-4-3-8-22(23)29-24)17-10-12-18(13-11-17)28(32)34-2/h3-14,20,27,29-30H,15-16H2,1-2H3/t20-,27-/m0/s1. The van der Waals surface area contributed by atoms with E-state index in [0.717, 1.165) is 39.5 Å². The molecule has 0 saturated heterocycles. The summed E-state index contributed by atoms with van der Waals surface area (Å²) in [5, 5.41) is 7.11. The van der Waals surface area contributed by atoms with Crippen LogP contribution >= 0.6 is 0 Å². The molecule has 2 atom stereocenters. The van der Waals surface area contributed by atoms with E-state index in [-0.39, 0.29) is 23.7 Å². The molecule has 0 radical (unpaired) electrons. The van der Waals surface area contributed by atoms with Crippen LogP contribution < -0.4 is 15.4 Å². The molecule has 0 bridgehead atoms. The molecule has 0 fully saturated rings. The van der Waals surface area contributed by atoms with Crippen molar-refractivity contribution in [3.63, 3.8) is 0 Å². The van der Waals surface area contributed by atoms with Gasteiger partial charge in [-0.05, 0) is 59.9 Å². The van der Waals surface area contributed by atoms with E-state index in [9.17, 15) is 9.59 Å². The summed E-state index contributed by atoms with van der Waals surface area (Å²) < 4.78 is 10.2. The molecule has 3 aromatic carbocycles. The number of esters is 1. The van der Waals surface area contributed by atoms with Crippen molar-refractivity contribution < 1.29 is 19.1 Å². The Morgan fingerprint density at radius 2 is 1.65 bits per heavy atom. The predicted octanol–water partition coefficient (Wildman–Crippen LogP) is 5.46. The van der Waals surface area contributed by atoms with E-state index in [1.54, 1.807) is 19.2 Å². The summed E-state index contributed by atoms with van der Waals surface area (Å²) in [5.41, 5.74) is 5.98. The molecule has 0 amide bonds. The summed E-state index contributed by atoms with van der Waals surface area (Å²) in [6.07, 6.45) is 1.13. The van der Waals surface area contributed by atoms with Crippen LogP contribution in [-0.4, -0.2) is 26.0 Å². The quantitative estimate of drug-likeness (QED) is 0.510. The Kier molecular flexibility index (Phi) is 5.80. The molecule has 1 heterocycles. The Morgan fingerprint density at radius 3 is 2.38 bits per heavy atom. The van der Waals surface area contributed by atoms with Crippen LogP contribution in [0.1, 0.15) is 46.3 Å². The minimum Gasteiger partial charge on any atom is -0.497 e. The number of nitrogens with one attached hydrogen (secondary N) is 2. The van der Waals surface area contributed by atoms with E-state index in [0.29, 0.717) is 18.4 Å². The van der Waals surface area contributed by atoms with Crippen molar-refractivity contribution in [1.29, 1.82) is 0 Å². The van der Waals surface area contributed by atoms with Gasteiger partial charge in [-0.1, -0.05) is 36.4 Å². The van der Waals surface area contributed by atoms with Gasteiger partial charge in [-0.3, -0.25) is 4.79 Å². The number of hydrogen-bond donors (Lipinski definition) is 2. The second kappa shape index (κ2) is 9.06. The maximum absolute atomic E-state index is 13.6. The molecule has 2 N–H and O–H groups in total. The van der Waals surface area contributed by atoms with Gasteiger partial charge in [0.05, 0.1) is 37.2 Å². The molecule has 1 aliphatic heterocycles. The molecule has 1 aliphatic carbocycles. The van der Waals surface area contributed by atoms with Gasteiger partial charge >= 0.3 is 5.97 Å². The first-order valence-corrected chi connectivity index (χ1v) is 11.3. The highest BCUT2D eigenvalue weighted by Gasteiger charge is 2.36. The van der Waals surface area contributed by atoms with Gasteiger partial charge in [0.1, 0.15) is 5.75 Å². The Hall–Kier alpha value is -4.06. The molecule has 0 saturated carbocycles. The zero-order valence-corrected chi connectivity index (χ0v) is 19.1. The highest BCUT2D eigenvalue weighted by Crippen LogP contribution is 2.44. The number of Topliss-reactive ketones (excluding diaryl/α,β-unsaturated/α-hetero) is 1. The van der Waals surface area contributed by atoms with Gasteiger partial charge in [-0.25, -0.2) is 4.79 Å². The largest absolute Gasteiger partial charge is 0.497 e. The number of carbonyl (C=O) groups excluding carboxylic acids is 2. The first-order chi connectivity index (χ1) is 16.6. The van der Waals surface area contributed by atoms with Crippen LogP contribution in [0.2, 0.25) is 0 Å². The Morgan fingerprint density at radius 1 is 0.882 bits per heavy atom. The molecule has 0 spiro atoms. The summed E-state index contributed by atoms with van der Waals surface area (Å²) >= 11 is 0. The lowest BCUT2D eigenvalue weighted by Gasteiger charge is -2.30. The molecule has 6 heteroatoms. The number of ketones is 1. The lowest BCUT2D eigenvalue weighted by atomic mass is 9.78. The molecular formula is C28H26N2O4. The lowest BCUT2D eigenvalue weighted by molar-refractivity contribution is -0.116. The minimum absolute atomic E-state index is 0.0569. The van der Waals surface area contributed by atoms with E-state index in [1.807, 2.05) is 54.6 Å². The minimum atomic E-state index is -0.387. The van der Waals surface area contributed by atoms with Gasteiger partial charge in [0.2, 0.25) is 0 Å². The smallest absolute Gasteiger partial charge is 0.337 e. The lowest BCUT2D eigenvalue weighted by Crippen LogP contribution is -2.27. The first-order valence-electron chi connectivity index (χ1n) is 11.3. The fourth-order valence-electron chi connectivity index (χ4n) is 4.80. The van der Waals surface area contributed by atoms with Gasteiger partial charge in [-0.15, -0.1) is 0 Å². The summed E-state index contributed by atoms with van der Waals surface area (Å²) in [6, 6.07) is 22.8. The van der Waals surface area contributed by atoms with Gasteiger partial charge in [-0.2, -0.15) is 0 Å². The Labute approximate surface area is 198 Å². The number of fused-ring (bicyclic) bond motifs is 1. The second-order valence-electron chi connectivity index (χ2n) is 8.56. The number of carbonyl (C=O) groups is 2. The summed E-state index contributed by atoms with van der Waals surface area (Å²) in [4.78, 5) is 25.5. The maximum atomic E-state index is 13.6. The van der Waals surface area contributed by atoms with Crippen molar-refractivity contribution in [1.82, 2.24) is 0 Å². The van der Waals surface area contributed by atoms with Crippen LogP contribution in [0.3, 0.4) is 0 Å². The zero-order valence-electron chi connectivity index (χ0n) is 19.1. The van der Waals surface area contributed by atoms with Crippen LogP contribution in [0.25, 0.3) is 0 Å². The molecular weight excluding hydrogens is 428 g/mol.